The van der Waals surface area contributed by atoms with Gasteiger partial charge in [-0.25, -0.2) is 29.1 Å². The van der Waals surface area contributed by atoms with E-state index in [1.807, 2.05) is 0 Å². The second-order valence-electron chi connectivity index (χ2n) is 11.8. The number of carbonyl (C=O) groups is 8. The van der Waals surface area contributed by atoms with E-state index in [9.17, 15) is 48.6 Å². The molecule has 4 amide bonds. The normalized spacial score (nSPS) is 20.9. The number of nitrogen functional groups attached to an aromatic ring is 2. The number of β-lactam (4-membered cyclic amide) rings is 2. The van der Waals surface area contributed by atoms with Gasteiger partial charge in [-0.1, -0.05) is 35.6 Å². The van der Waals surface area contributed by atoms with Crippen LogP contribution in [0.15, 0.2) is 68.9 Å². The van der Waals surface area contributed by atoms with Crippen molar-refractivity contribution in [3.8, 4) is 0 Å². The number of nitrogens with zero attached hydrogens (tertiary/aromatic N) is 6. The summed E-state index contributed by atoms with van der Waals surface area (Å²) < 4.78 is 0. The van der Waals surface area contributed by atoms with Crippen molar-refractivity contribution in [3.05, 3.63) is 70.0 Å². The van der Waals surface area contributed by atoms with Gasteiger partial charge in [0.1, 0.15) is 45.6 Å². The fraction of sp³-hybridized carbons (Fsp3) is 0.250. The molecule has 2 saturated heterocycles. The molecule has 0 aromatic carbocycles. The third-order valence-corrected chi connectivity index (χ3v) is 12.1. The zero-order valence-corrected chi connectivity index (χ0v) is 33.5. The number of thioether (sulfide) groups is 2. The molecule has 0 bridgehead atoms. The van der Waals surface area contributed by atoms with E-state index in [1.165, 1.54) is 46.4 Å². The molecule has 0 aliphatic carbocycles. The van der Waals surface area contributed by atoms with Crippen molar-refractivity contribution >= 4 is 115 Å². The van der Waals surface area contributed by atoms with E-state index in [-0.39, 0.29) is 44.5 Å². The Morgan fingerprint density at radius 2 is 1.10 bits per heavy atom. The number of oxime groups is 2. The molecule has 6 rings (SSSR count). The number of fused-ring (bicyclic) bond motifs is 2. The monoisotopic (exact) mass is 906 g/mol. The van der Waals surface area contributed by atoms with Crippen LogP contribution in [0.5, 0.6) is 0 Å². The second-order valence-corrected chi connectivity index (χ2v) is 15.8. The third kappa shape index (κ3) is 9.40. The zero-order chi connectivity index (χ0) is 44.0. The van der Waals surface area contributed by atoms with Crippen LogP contribution in [0.2, 0.25) is 0 Å². The lowest BCUT2D eigenvalue weighted by atomic mass is 10.0. The number of nitrogens with one attached hydrogen (secondary N) is 2. The first-order chi connectivity index (χ1) is 28.5. The maximum absolute atomic E-state index is 12.7. The molecular weight excluding hydrogens is 877 g/mol. The van der Waals surface area contributed by atoms with Crippen LogP contribution in [-0.2, 0) is 48.0 Å². The number of rotatable bonds is 16. The standard InChI is InChI=1S/2C16H15N5O7S2/c2*1-2-6-4-29-14-10(13(25)21(14)11(6)15(26)27)19-12(24)9(20-28-3-8(22)23)7-5-30-16(17)18-7/h2*2,5,10,14H,1,3-4H2,(H2,17,18)(H,19,24)(H,22,23)(H,26,27)/b2*20-9-/t2*10-,14-/m11/s1. The van der Waals surface area contributed by atoms with Crippen molar-refractivity contribution in [1.29, 1.82) is 0 Å². The van der Waals surface area contributed by atoms with Gasteiger partial charge in [0.2, 0.25) is 13.2 Å². The predicted octanol–water partition coefficient (Wildman–Crippen LogP) is -1.09. The summed E-state index contributed by atoms with van der Waals surface area (Å²) in [6, 6.07) is -2.02. The summed E-state index contributed by atoms with van der Waals surface area (Å²) in [5, 5.41) is 50.1. The van der Waals surface area contributed by atoms with Gasteiger partial charge >= 0.3 is 23.9 Å². The van der Waals surface area contributed by atoms with Crippen molar-refractivity contribution in [1.82, 2.24) is 30.4 Å². The van der Waals surface area contributed by atoms with E-state index in [2.05, 4.69) is 53.7 Å². The van der Waals surface area contributed by atoms with Gasteiger partial charge in [0, 0.05) is 22.3 Å². The number of anilines is 2. The first-order valence-corrected chi connectivity index (χ1v) is 20.3. The average Bonchev–Trinajstić information content (AvgIpc) is 3.84. The van der Waals surface area contributed by atoms with E-state index in [1.54, 1.807) is 0 Å². The summed E-state index contributed by atoms with van der Waals surface area (Å²) in [4.78, 5) is 114. The lowest BCUT2D eigenvalue weighted by Crippen LogP contribution is -2.71. The smallest absolute Gasteiger partial charge is 0.352 e. The topological polar surface area (TPSA) is 369 Å². The third-order valence-electron chi connectivity index (χ3n) is 8.11. The van der Waals surface area contributed by atoms with E-state index in [4.69, 9.17) is 21.7 Å². The second kappa shape index (κ2) is 18.9. The minimum atomic E-state index is -1.30. The Hall–Kier alpha value is -6.78. The molecule has 0 saturated carbocycles. The van der Waals surface area contributed by atoms with Gasteiger partial charge in [-0.15, -0.1) is 46.2 Å². The van der Waals surface area contributed by atoms with E-state index in [0.29, 0.717) is 22.7 Å². The Morgan fingerprint density at radius 1 is 0.733 bits per heavy atom. The van der Waals surface area contributed by atoms with Crippen molar-refractivity contribution in [2.45, 2.75) is 22.8 Å². The molecule has 28 heteroatoms. The molecule has 0 radical (unpaired) electrons. The predicted molar refractivity (Wildman–Crippen MR) is 213 cm³/mol. The van der Waals surface area contributed by atoms with Gasteiger partial charge in [0.05, 0.1) is 0 Å². The van der Waals surface area contributed by atoms with Crippen LogP contribution in [-0.4, -0.2) is 147 Å². The number of hydrogen-bond acceptors (Lipinski definition) is 20. The maximum Gasteiger partial charge on any atom is 0.352 e. The molecular formula is C32H30N10O14S4. The number of thiazole rings is 2. The van der Waals surface area contributed by atoms with Crippen molar-refractivity contribution in [2.24, 2.45) is 10.3 Å². The molecule has 2 aromatic rings. The Bertz CT molecular complexity index is 2160. The zero-order valence-electron chi connectivity index (χ0n) is 30.2. The molecule has 2 aromatic heterocycles. The summed E-state index contributed by atoms with van der Waals surface area (Å²) in [6.45, 7) is 5.55. The number of hydrogen-bond donors (Lipinski definition) is 8. The summed E-state index contributed by atoms with van der Waals surface area (Å²) in [5.41, 5.74) is 11.0. The number of carboxylic acids is 4. The average molecular weight is 907 g/mol. The highest BCUT2D eigenvalue weighted by atomic mass is 32.2. The Labute approximate surface area is 352 Å². The number of allylic oxidation sites excluding steroid dienone is 2. The van der Waals surface area contributed by atoms with Gasteiger partial charge in [-0.2, -0.15) is 0 Å². The van der Waals surface area contributed by atoms with E-state index >= 15 is 0 Å². The lowest BCUT2D eigenvalue weighted by molar-refractivity contribution is -0.150. The van der Waals surface area contributed by atoms with Crippen LogP contribution in [0.25, 0.3) is 0 Å². The number of carbonyl (C=O) groups excluding carboxylic acids is 4. The molecule has 6 heterocycles. The molecule has 0 unspecified atom stereocenters. The molecule has 4 atom stereocenters. The molecule has 2 fully saturated rings. The Morgan fingerprint density at radius 3 is 1.38 bits per heavy atom. The fourth-order valence-electron chi connectivity index (χ4n) is 5.52. The number of carboxylic acid groups (broad SMARTS) is 4. The highest BCUT2D eigenvalue weighted by Crippen LogP contribution is 2.41. The van der Waals surface area contributed by atoms with Gasteiger partial charge in [-0.3, -0.25) is 29.0 Å². The first kappa shape index (κ1) is 44.3. The molecule has 60 heavy (non-hydrogen) atoms. The quantitative estimate of drug-likeness (QED) is 0.0563. The molecule has 0 spiro atoms. The van der Waals surface area contributed by atoms with Crippen LogP contribution in [0, 0.1) is 0 Å². The summed E-state index contributed by atoms with van der Waals surface area (Å²) in [5.74, 6) is -7.45. The van der Waals surface area contributed by atoms with Crippen molar-refractivity contribution in [2.75, 3.05) is 36.2 Å². The first-order valence-electron chi connectivity index (χ1n) is 16.4. The summed E-state index contributed by atoms with van der Waals surface area (Å²) in [7, 11) is 0. The van der Waals surface area contributed by atoms with Gasteiger partial charge in [0.25, 0.3) is 23.6 Å². The van der Waals surface area contributed by atoms with Crippen LogP contribution in [0.1, 0.15) is 11.4 Å². The highest BCUT2D eigenvalue weighted by molar-refractivity contribution is 8.00. The van der Waals surface area contributed by atoms with Gasteiger partial charge < -0.3 is 52.2 Å². The van der Waals surface area contributed by atoms with Crippen LogP contribution < -0.4 is 22.1 Å². The van der Waals surface area contributed by atoms with E-state index in [0.717, 1.165) is 32.5 Å². The van der Waals surface area contributed by atoms with Gasteiger partial charge in [0.15, 0.2) is 21.7 Å². The largest absolute Gasteiger partial charge is 0.479 e. The minimum Gasteiger partial charge on any atom is -0.479 e. The Kier molecular flexibility index (Phi) is 13.9. The molecule has 10 N–H and O–H groups in total. The molecule has 4 aliphatic rings. The maximum atomic E-state index is 12.7. The molecule has 4 aliphatic heterocycles. The number of nitrogens with two attached hydrogens (primary N) is 2. The number of amides is 4. The Balaban J connectivity index is 0.000000228. The highest BCUT2D eigenvalue weighted by Gasteiger charge is 2.55. The summed E-state index contributed by atoms with van der Waals surface area (Å²) in [6.07, 6.45) is 2.76. The lowest BCUT2D eigenvalue weighted by Gasteiger charge is -2.49. The van der Waals surface area contributed by atoms with Crippen molar-refractivity contribution in [3.63, 3.8) is 0 Å². The fourth-order valence-corrected chi connectivity index (χ4v) is 9.30. The number of aromatic nitrogens is 2. The van der Waals surface area contributed by atoms with Gasteiger partial charge in [-0.05, 0) is 11.1 Å². The number of aliphatic carboxylic acids is 4. The molecule has 316 valence electrons. The SMILES string of the molecule is C=CC1=C(C(=O)O)N2C(=O)[C@@H](NC(=O)/C(=N\OCC(=O)O)c3csc(N)n3)[C@H]2SC1.C=CC1=C(C(=O)O)N2C(=O)[C@@H](NC(=O)/C(=N\OCC(=O)O)c3csc(N)n3)[C@H]2SC1. The minimum absolute atomic E-state index is 0.0420. The summed E-state index contributed by atoms with van der Waals surface area (Å²) >= 11 is 4.59. The van der Waals surface area contributed by atoms with E-state index < -0.39 is 83.6 Å². The molecule has 24 nitrogen and oxygen atoms in total. The van der Waals surface area contributed by atoms with Crippen LogP contribution >= 0.6 is 46.2 Å². The van der Waals surface area contributed by atoms with Crippen LogP contribution in [0.4, 0.5) is 10.3 Å². The van der Waals surface area contributed by atoms with Crippen molar-refractivity contribution < 1.29 is 68.5 Å². The van der Waals surface area contributed by atoms with Crippen LogP contribution in [0.3, 0.4) is 0 Å².